The first-order valence-corrected chi connectivity index (χ1v) is 14.3. The Morgan fingerprint density at radius 3 is 2.49 bits per heavy atom. The monoisotopic (exact) mass is 627 g/mol. The van der Waals surface area contributed by atoms with Crippen molar-refractivity contribution in [3.8, 4) is 17.2 Å². The highest BCUT2D eigenvalue weighted by molar-refractivity contribution is 9.12. The third-order valence-corrected chi connectivity index (χ3v) is 9.12. The van der Waals surface area contributed by atoms with Gasteiger partial charge in [-0.1, -0.05) is 18.1 Å². The van der Waals surface area contributed by atoms with Crippen LogP contribution in [0.25, 0.3) is 0 Å². The minimum absolute atomic E-state index is 0.0275. The predicted octanol–water partition coefficient (Wildman–Crippen LogP) is 3.82. The second-order valence-corrected chi connectivity index (χ2v) is 11.5. The number of benzene rings is 1. The number of ether oxygens (including phenoxy) is 2. The van der Waals surface area contributed by atoms with Gasteiger partial charge in [-0.25, -0.2) is 0 Å². The summed E-state index contributed by atoms with van der Waals surface area (Å²) >= 11 is 3.20. The average molecular weight is 628 g/mol. The highest BCUT2D eigenvalue weighted by Gasteiger charge is 2.56. The van der Waals surface area contributed by atoms with E-state index in [2.05, 4.69) is 15.9 Å². The highest BCUT2D eigenvalue weighted by atomic mass is 79.9. The maximum atomic E-state index is 13.8. The molecule has 2 N–H and O–H groups in total. The summed E-state index contributed by atoms with van der Waals surface area (Å²) in [5.41, 5.74) is 1.46. The quantitative estimate of drug-likeness (QED) is 0.180. The molecule has 1 aromatic rings. The van der Waals surface area contributed by atoms with Gasteiger partial charge >= 0.3 is 5.97 Å². The molecule has 1 heterocycles. The zero-order valence-electron chi connectivity index (χ0n) is 22.6. The van der Waals surface area contributed by atoms with Crippen molar-refractivity contribution < 1.29 is 43.7 Å². The second-order valence-electron chi connectivity index (χ2n) is 10.7. The first-order valence-electron chi connectivity index (χ1n) is 13.5. The van der Waals surface area contributed by atoms with Crippen molar-refractivity contribution in [2.75, 3.05) is 20.8 Å². The third kappa shape index (κ3) is 4.90. The van der Waals surface area contributed by atoms with Gasteiger partial charge in [0.15, 0.2) is 11.6 Å². The number of phenolic OH excluding ortho intramolecular Hbond substituents is 1. The molecule has 0 saturated carbocycles. The number of carbonyl (C=O) groups excluding carboxylic acids is 4. The number of fused-ring (bicyclic) bond motifs is 3. The summed E-state index contributed by atoms with van der Waals surface area (Å²) in [4.78, 5) is 66.0. The lowest BCUT2D eigenvalue weighted by Crippen LogP contribution is -2.39. The number of unbranched alkanes of at least 4 members (excludes halogenated alkanes) is 2. The van der Waals surface area contributed by atoms with E-state index in [4.69, 9.17) is 14.6 Å². The van der Waals surface area contributed by atoms with Crippen LogP contribution in [0.4, 0.5) is 0 Å². The molecule has 1 aliphatic heterocycles. The number of carboxylic acid groups (broad SMARTS) is 1. The lowest BCUT2D eigenvalue weighted by atomic mass is 9.59. The number of aromatic hydroxyl groups is 1. The summed E-state index contributed by atoms with van der Waals surface area (Å²) in [5.74, 6) is -4.58. The van der Waals surface area contributed by atoms with E-state index >= 15 is 0 Å². The van der Waals surface area contributed by atoms with E-state index in [9.17, 15) is 29.1 Å². The summed E-state index contributed by atoms with van der Waals surface area (Å²) < 4.78 is 11.0. The third-order valence-electron chi connectivity index (χ3n) is 8.53. The number of imide groups is 1. The van der Waals surface area contributed by atoms with Crippen molar-refractivity contribution in [2.45, 2.75) is 44.4 Å². The van der Waals surface area contributed by atoms with Gasteiger partial charge < -0.3 is 19.7 Å². The van der Waals surface area contributed by atoms with Crippen LogP contribution in [0.5, 0.6) is 17.2 Å². The first-order chi connectivity index (χ1) is 19.6. The fraction of sp³-hybridized carbons (Fsp3) is 0.433. The molecule has 2 amide bonds. The molecule has 10 nitrogen and oxygen atoms in total. The molecule has 4 unspecified atom stereocenters. The fourth-order valence-corrected chi connectivity index (χ4v) is 7.16. The molecular formula is C30H30BrNO9. The van der Waals surface area contributed by atoms with E-state index in [1.807, 2.05) is 6.08 Å². The maximum absolute atomic E-state index is 13.8. The van der Waals surface area contributed by atoms with Crippen molar-refractivity contribution in [3.05, 3.63) is 51.0 Å². The Morgan fingerprint density at radius 2 is 1.80 bits per heavy atom. The lowest BCUT2D eigenvalue weighted by molar-refractivity contribution is -0.141. The Bertz CT molecular complexity index is 1460. The number of nitrogens with zero attached hydrogens (tertiary/aromatic N) is 1. The van der Waals surface area contributed by atoms with E-state index in [0.29, 0.717) is 30.6 Å². The first kappa shape index (κ1) is 28.8. The molecule has 4 aliphatic rings. The number of carboxylic acids is 1. The molecule has 41 heavy (non-hydrogen) atoms. The number of amides is 2. The Kier molecular flexibility index (Phi) is 7.91. The minimum atomic E-state index is -0.889. The molecule has 0 bridgehead atoms. The number of rotatable bonds is 9. The number of allylic oxidation sites excluding steroid dienone is 6. The number of hydrogen-bond acceptors (Lipinski definition) is 8. The van der Waals surface area contributed by atoms with Gasteiger partial charge in [0.05, 0.1) is 30.5 Å². The number of methoxy groups -OCH3 is 2. The number of carbonyl (C=O) groups is 5. The van der Waals surface area contributed by atoms with Crippen molar-refractivity contribution in [2.24, 2.45) is 17.8 Å². The van der Waals surface area contributed by atoms with E-state index in [-0.39, 0.29) is 81.9 Å². The second kappa shape index (κ2) is 11.3. The van der Waals surface area contributed by atoms with Crippen molar-refractivity contribution in [1.29, 1.82) is 0 Å². The average Bonchev–Trinajstić information content (AvgIpc) is 3.19. The fourth-order valence-electron chi connectivity index (χ4n) is 6.71. The standard InChI is InChI=1S/C30H30BrNO9/c1-40-14-10-20(33)27(22(11-14)41-2)26-15-7-8-16-24(17(15)12-18-25(26)21(34)13-19(31)28(18)37)30(39)32(29(16)38)9-5-3-4-6-23(35)36/h7,10-11,13,16-17,24,26,33H,3-6,8-9,12H2,1-2H3,(H,35,36). The molecule has 216 valence electrons. The summed E-state index contributed by atoms with van der Waals surface area (Å²) in [5, 5.41) is 20.0. The Balaban J connectivity index is 1.55. The maximum Gasteiger partial charge on any atom is 0.303 e. The number of ketones is 2. The van der Waals surface area contributed by atoms with Crippen LogP contribution in [0.15, 0.2) is 45.5 Å². The van der Waals surface area contributed by atoms with Crippen LogP contribution in [0.1, 0.15) is 50.0 Å². The van der Waals surface area contributed by atoms with Gasteiger partial charge in [-0.3, -0.25) is 28.9 Å². The molecule has 4 atom stereocenters. The number of Topliss-reactive ketones (excluding diaryl/α,β-unsaturated/α-hetero) is 1. The number of halogens is 1. The molecular weight excluding hydrogens is 598 g/mol. The number of aliphatic carboxylic acids is 1. The summed E-state index contributed by atoms with van der Waals surface area (Å²) in [6.45, 7) is 0.197. The Labute approximate surface area is 244 Å². The molecule has 5 rings (SSSR count). The normalized spacial score (nSPS) is 25.4. The van der Waals surface area contributed by atoms with Crippen LogP contribution < -0.4 is 9.47 Å². The van der Waals surface area contributed by atoms with Gasteiger partial charge in [-0.15, -0.1) is 0 Å². The summed E-state index contributed by atoms with van der Waals surface area (Å²) in [6, 6.07) is 2.99. The SMILES string of the molecule is COc1cc(O)c(C2C3=CCC4C(=O)N(CCCCCC(=O)O)C(=O)C4C3CC3=C2C(=O)C=C(Br)C3=O)c(OC)c1. The molecule has 0 spiro atoms. The Morgan fingerprint density at radius 1 is 1.05 bits per heavy atom. The zero-order chi connectivity index (χ0) is 29.6. The topological polar surface area (TPSA) is 148 Å². The zero-order valence-corrected chi connectivity index (χ0v) is 24.2. The number of hydrogen-bond donors (Lipinski definition) is 2. The minimum Gasteiger partial charge on any atom is -0.507 e. The van der Waals surface area contributed by atoms with E-state index in [1.54, 1.807) is 6.07 Å². The molecule has 0 aromatic heterocycles. The smallest absolute Gasteiger partial charge is 0.303 e. The lowest BCUT2D eigenvalue weighted by Gasteiger charge is -2.42. The van der Waals surface area contributed by atoms with E-state index in [0.717, 1.165) is 0 Å². The molecule has 1 fully saturated rings. The largest absolute Gasteiger partial charge is 0.507 e. The van der Waals surface area contributed by atoms with Crippen LogP contribution in [0, 0.1) is 17.8 Å². The van der Waals surface area contributed by atoms with Gasteiger partial charge in [0.25, 0.3) is 0 Å². The van der Waals surface area contributed by atoms with Gasteiger partial charge in [-0.2, -0.15) is 0 Å². The van der Waals surface area contributed by atoms with Crippen LogP contribution in [-0.2, 0) is 24.0 Å². The van der Waals surface area contributed by atoms with Crippen LogP contribution in [0.2, 0.25) is 0 Å². The van der Waals surface area contributed by atoms with Gasteiger partial charge in [0.2, 0.25) is 11.8 Å². The summed E-state index contributed by atoms with van der Waals surface area (Å²) in [7, 11) is 2.87. The van der Waals surface area contributed by atoms with Crippen LogP contribution in [0.3, 0.4) is 0 Å². The Hall–Kier alpha value is -3.73. The van der Waals surface area contributed by atoms with E-state index in [1.165, 1.54) is 31.3 Å². The number of likely N-dealkylation sites (tertiary alicyclic amines) is 1. The van der Waals surface area contributed by atoms with Gasteiger partial charge in [-0.05, 0) is 47.5 Å². The molecule has 1 saturated heterocycles. The highest BCUT2D eigenvalue weighted by Crippen LogP contribution is 2.58. The van der Waals surface area contributed by atoms with Crippen molar-refractivity contribution >= 4 is 45.3 Å². The van der Waals surface area contributed by atoms with Gasteiger partial charge in [0, 0.05) is 53.8 Å². The molecule has 1 aromatic carbocycles. The van der Waals surface area contributed by atoms with Crippen LogP contribution in [-0.4, -0.2) is 65.2 Å². The molecule has 0 radical (unpaired) electrons. The van der Waals surface area contributed by atoms with Crippen molar-refractivity contribution in [1.82, 2.24) is 4.90 Å². The predicted molar refractivity (Wildman–Crippen MR) is 149 cm³/mol. The number of phenols is 1. The van der Waals surface area contributed by atoms with Crippen LogP contribution >= 0.6 is 15.9 Å². The van der Waals surface area contributed by atoms with Gasteiger partial charge in [0.1, 0.15) is 17.2 Å². The van der Waals surface area contributed by atoms with E-state index < -0.39 is 29.6 Å². The van der Waals surface area contributed by atoms with Crippen molar-refractivity contribution in [3.63, 3.8) is 0 Å². The molecule has 11 heteroatoms. The molecule has 3 aliphatic carbocycles. The summed E-state index contributed by atoms with van der Waals surface area (Å²) in [6.07, 6.45) is 5.02.